The molecule has 3 heteroatoms. The van der Waals surface area contributed by atoms with Crippen LogP contribution in [0.4, 0.5) is 0 Å². The molecule has 0 aliphatic heterocycles. The maximum atomic E-state index is 6.47. The van der Waals surface area contributed by atoms with Crippen molar-refractivity contribution >= 4 is 32.3 Å². The summed E-state index contributed by atoms with van der Waals surface area (Å²) in [6.45, 7) is 0. The Kier molecular flexibility index (Phi) is 7.14. The van der Waals surface area contributed by atoms with Crippen molar-refractivity contribution in [3.63, 3.8) is 0 Å². The van der Waals surface area contributed by atoms with E-state index in [9.17, 15) is 0 Å². The van der Waals surface area contributed by atoms with Crippen LogP contribution < -0.4 is 4.74 Å². The summed E-state index contributed by atoms with van der Waals surface area (Å²) in [5.74, 6) is 0.977. The molecule has 0 radical (unpaired) electrons. The molecule has 0 aliphatic carbocycles. The maximum absolute atomic E-state index is 6.47. The number of hydrogen-bond donors (Lipinski definition) is 0. The minimum atomic E-state index is 0.488. The van der Waals surface area contributed by atoms with Gasteiger partial charge in [0, 0.05) is 23.3 Å². The number of nitrogens with zero attached hydrogens (tertiary/aromatic N) is 2. The molecule has 7 aromatic carbocycles. The van der Waals surface area contributed by atoms with E-state index < -0.39 is 0 Å². The van der Waals surface area contributed by atoms with Gasteiger partial charge in [-0.2, -0.15) is 0 Å². The molecule has 0 amide bonds. The number of fused-ring (bicyclic) bond motifs is 6. The molecular formula is C46H30N2O. The fourth-order valence-electron chi connectivity index (χ4n) is 6.80. The maximum Gasteiger partial charge on any atom is 0.222 e. The Bertz CT molecular complexity index is 2600. The van der Waals surface area contributed by atoms with Gasteiger partial charge >= 0.3 is 0 Å². The fraction of sp³-hybridized carbons (Fsp3) is 0. The average molecular weight is 627 g/mol. The predicted octanol–water partition coefficient (Wildman–Crippen LogP) is 12.4. The molecule has 0 unspecified atom stereocenters. The van der Waals surface area contributed by atoms with E-state index >= 15 is 0 Å². The Labute approximate surface area is 284 Å². The fourth-order valence-corrected chi connectivity index (χ4v) is 6.80. The molecule has 0 saturated heterocycles. The smallest absolute Gasteiger partial charge is 0.222 e. The minimum Gasteiger partial charge on any atom is -0.421 e. The van der Waals surface area contributed by atoms with Crippen LogP contribution >= 0.6 is 0 Å². The van der Waals surface area contributed by atoms with Crippen LogP contribution in [0.1, 0.15) is 0 Å². The topological polar surface area (TPSA) is 35.0 Å². The molecule has 9 aromatic rings. The van der Waals surface area contributed by atoms with E-state index in [0.29, 0.717) is 11.8 Å². The van der Waals surface area contributed by atoms with Crippen LogP contribution in [0.2, 0.25) is 0 Å². The summed E-state index contributed by atoms with van der Waals surface area (Å²) >= 11 is 0. The minimum absolute atomic E-state index is 0.488. The first-order valence-corrected chi connectivity index (χ1v) is 16.5. The van der Waals surface area contributed by atoms with Gasteiger partial charge in [-0.05, 0) is 78.8 Å². The van der Waals surface area contributed by atoms with Crippen LogP contribution in [0.15, 0.2) is 182 Å². The van der Waals surface area contributed by atoms with Gasteiger partial charge in [-0.3, -0.25) is 0 Å². The van der Waals surface area contributed by atoms with Crippen LogP contribution in [0.25, 0.3) is 77.1 Å². The van der Waals surface area contributed by atoms with Gasteiger partial charge in [0.15, 0.2) is 0 Å². The first kappa shape index (κ1) is 28.6. The second kappa shape index (κ2) is 12.2. The highest BCUT2D eigenvalue weighted by molar-refractivity contribution is 6.25. The predicted molar refractivity (Wildman–Crippen MR) is 203 cm³/mol. The van der Waals surface area contributed by atoms with Crippen molar-refractivity contribution in [3.8, 4) is 56.5 Å². The van der Waals surface area contributed by atoms with Gasteiger partial charge in [0.05, 0.1) is 11.4 Å². The summed E-state index contributed by atoms with van der Waals surface area (Å²) in [6, 6.07) is 63.2. The van der Waals surface area contributed by atoms with Gasteiger partial charge in [0.2, 0.25) is 11.8 Å². The van der Waals surface area contributed by atoms with Crippen molar-refractivity contribution in [2.75, 3.05) is 0 Å². The van der Waals surface area contributed by atoms with Crippen molar-refractivity contribution < 1.29 is 4.74 Å². The molecule has 49 heavy (non-hydrogen) atoms. The van der Waals surface area contributed by atoms with Gasteiger partial charge < -0.3 is 4.74 Å². The molecular weight excluding hydrogens is 597 g/mol. The highest BCUT2D eigenvalue weighted by Crippen LogP contribution is 2.38. The van der Waals surface area contributed by atoms with Crippen molar-refractivity contribution in [1.29, 1.82) is 0 Å². The Morgan fingerprint density at radius 3 is 1.51 bits per heavy atom. The van der Waals surface area contributed by atoms with E-state index in [1.807, 2.05) is 48.5 Å². The third-order valence-corrected chi connectivity index (χ3v) is 9.15. The Balaban J connectivity index is 1.14. The number of pyridine rings is 2. The van der Waals surface area contributed by atoms with E-state index in [4.69, 9.17) is 14.7 Å². The number of benzene rings is 7. The summed E-state index contributed by atoms with van der Waals surface area (Å²) in [5.41, 5.74) is 8.14. The monoisotopic (exact) mass is 626 g/mol. The van der Waals surface area contributed by atoms with E-state index in [0.717, 1.165) is 39.2 Å². The summed E-state index contributed by atoms with van der Waals surface area (Å²) in [6.07, 6.45) is 0. The molecule has 3 nitrogen and oxygen atoms in total. The summed E-state index contributed by atoms with van der Waals surface area (Å²) in [5, 5.41) is 7.48. The largest absolute Gasteiger partial charge is 0.421 e. The SMILES string of the molecule is c1ccc(-c2cccc(-c3cccc(Oc4cc(-c5ccc6c7ccccc7c7ccccc7c6c5)cc(-c5ccccc5)n4)n3)c2)cc1. The highest BCUT2D eigenvalue weighted by atomic mass is 16.5. The van der Waals surface area contributed by atoms with E-state index in [-0.39, 0.29) is 0 Å². The summed E-state index contributed by atoms with van der Waals surface area (Å²) < 4.78 is 6.47. The molecule has 2 aromatic heterocycles. The molecule has 0 fully saturated rings. The zero-order valence-corrected chi connectivity index (χ0v) is 26.6. The third-order valence-electron chi connectivity index (χ3n) is 9.15. The molecule has 0 spiro atoms. The molecule has 230 valence electrons. The van der Waals surface area contributed by atoms with Crippen LogP contribution in [0.3, 0.4) is 0 Å². The zero-order valence-electron chi connectivity index (χ0n) is 26.6. The van der Waals surface area contributed by atoms with Gasteiger partial charge in [0.25, 0.3) is 0 Å². The van der Waals surface area contributed by atoms with Crippen molar-refractivity contribution in [1.82, 2.24) is 9.97 Å². The second-order valence-corrected chi connectivity index (χ2v) is 12.2. The molecule has 0 N–H and O–H groups in total. The molecule has 9 rings (SSSR count). The van der Waals surface area contributed by atoms with Gasteiger partial charge in [-0.1, -0.05) is 146 Å². The van der Waals surface area contributed by atoms with Crippen LogP contribution in [-0.4, -0.2) is 9.97 Å². The van der Waals surface area contributed by atoms with Gasteiger partial charge in [-0.25, -0.2) is 9.97 Å². The molecule has 0 atom stereocenters. The number of aromatic nitrogens is 2. The Hall–Kier alpha value is -6.58. The first-order chi connectivity index (χ1) is 24.3. The number of rotatable bonds is 6. The summed E-state index contributed by atoms with van der Waals surface area (Å²) in [4.78, 5) is 9.89. The van der Waals surface area contributed by atoms with Gasteiger partial charge in [0.1, 0.15) is 0 Å². The number of ether oxygens (including phenoxy) is 1. The Morgan fingerprint density at radius 2 is 0.796 bits per heavy atom. The molecule has 2 heterocycles. The van der Waals surface area contributed by atoms with E-state index in [1.165, 1.54) is 37.9 Å². The van der Waals surface area contributed by atoms with E-state index in [2.05, 4.69) is 133 Å². The number of hydrogen-bond acceptors (Lipinski definition) is 3. The lowest BCUT2D eigenvalue weighted by molar-refractivity contribution is 0.446. The van der Waals surface area contributed by atoms with Crippen molar-refractivity contribution in [2.24, 2.45) is 0 Å². The zero-order chi connectivity index (χ0) is 32.6. The van der Waals surface area contributed by atoms with Gasteiger partial charge in [-0.15, -0.1) is 0 Å². The lowest BCUT2D eigenvalue weighted by atomic mass is 9.92. The standard InChI is InChI=1S/C46H30N2O/c1-3-13-31(14-4-1)33-17-11-18-35(27-33)43-23-12-24-45(47-43)49-46-30-36(29-44(48-46)32-15-5-2-6-16-32)34-25-26-41-39-21-8-7-19-37(39)38-20-9-10-22-40(38)42(41)28-34/h1-30H. The van der Waals surface area contributed by atoms with E-state index in [1.54, 1.807) is 0 Å². The van der Waals surface area contributed by atoms with Crippen LogP contribution in [-0.2, 0) is 0 Å². The third kappa shape index (κ3) is 5.48. The first-order valence-electron chi connectivity index (χ1n) is 16.5. The van der Waals surface area contributed by atoms with Crippen LogP contribution in [0.5, 0.6) is 11.8 Å². The molecule has 0 aliphatic rings. The highest BCUT2D eigenvalue weighted by Gasteiger charge is 2.14. The quantitative estimate of drug-likeness (QED) is 0.172. The summed E-state index contributed by atoms with van der Waals surface area (Å²) in [7, 11) is 0. The Morgan fingerprint density at radius 1 is 0.265 bits per heavy atom. The molecule has 0 saturated carbocycles. The second-order valence-electron chi connectivity index (χ2n) is 12.2. The van der Waals surface area contributed by atoms with Crippen molar-refractivity contribution in [3.05, 3.63) is 182 Å². The molecule has 0 bridgehead atoms. The lowest BCUT2D eigenvalue weighted by Crippen LogP contribution is -1.95. The lowest BCUT2D eigenvalue weighted by Gasteiger charge is -2.14. The van der Waals surface area contributed by atoms with Crippen LogP contribution in [0, 0.1) is 0 Å². The normalized spacial score (nSPS) is 11.3. The van der Waals surface area contributed by atoms with Crippen molar-refractivity contribution in [2.45, 2.75) is 0 Å². The average Bonchev–Trinajstić information content (AvgIpc) is 3.18.